The van der Waals surface area contributed by atoms with Gasteiger partial charge in [-0.25, -0.2) is 0 Å². The molecule has 3 nitrogen and oxygen atoms in total. The van der Waals surface area contributed by atoms with Crippen LogP contribution in [0.2, 0.25) is 0 Å². The van der Waals surface area contributed by atoms with E-state index in [1.54, 1.807) is 0 Å². The predicted octanol–water partition coefficient (Wildman–Crippen LogP) is 3.11. The lowest BCUT2D eigenvalue weighted by atomic mass is 10.1. The molecule has 100 valence electrons. The minimum atomic E-state index is -0.00706. The molecule has 2 unspecified atom stereocenters. The van der Waals surface area contributed by atoms with Crippen molar-refractivity contribution in [3.63, 3.8) is 0 Å². The van der Waals surface area contributed by atoms with Gasteiger partial charge in [0.05, 0.1) is 25.4 Å². The Bertz CT molecular complexity index is 216. The van der Waals surface area contributed by atoms with E-state index in [4.69, 9.17) is 9.47 Å². The van der Waals surface area contributed by atoms with Gasteiger partial charge in [0.2, 0.25) is 0 Å². The molecule has 0 amide bonds. The van der Waals surface area contributed by atoms with Crippen LogP contribution in [0.15, 0.2) is 0 Å². The van der Waals surface area contributed by atoms with Crippen molar-refractivity contribution in [1.82, 2.24) is 0 Å². The standard InChI is InChI=1S/C14H26O3/c1-3-5-6-7-8-12(15)9-14-11-16-10-13(4-2)17-14/h13-14H,3-11H2,1-2H3. The number of rotatable bonds is 8. The molecule has 0 spiro atoms. The highest BCUT2D eigenvalue weighted by Gasteiger charge is 2.23. The van der Waals surface area contributed by atoms with Crippen molar-refractivity contribution >= 4 is 5.78 Å². The SMILES string of the molecule is CCCCCCC(=O)CC1COCC(CC)O1. The summed E-state index contributed by atoms with van der Waals surface area (Å²) in [7, 11) is 0. The molecule has 0 aromatic carbocycles. The second kappa shape index (κ2) is 8.65. The van der Waals surface area contributed by atoms with E-state index in [9.17, 15) is 4.79 Å². The maximum absolute atomic E-state index is 11.7. The zero-order valence-electron chi connectivity index (χ0n) is 11.2. The Kier molecular flexibility index (Phi) is 7.45. The molecule has 3 heteroatoms. The summed E-state index contributed by atoms with van der Waals surface area (Å²) in [5, 5.41) is 0. The van der Waals surface area contributed by atoms with E-state index in [0.29, 0.717) is 31.8 Å². The van der Waals surface area contributed by atoms with E-state index in [0.717, 1.165) is 12.8 Å². The summed E-state index contributed by atoms with van der Waals surface area (Å²) >= 11 is 0. The highest BCUT2D eigenvalue weighted by atomic mass is 16.6. The van der Waals surface area contributed by atoms with Gasteiger partial charge in [0, 0.05) is 12.8 Å². The first-order chi connectivity index (χ1) is 8.26. The van der Waals surface area contributed by atoms with Crippen LogP contribution in [0.4, 0.5) is 0 Å². The van der Waals surface area contributed by atoms with Crippen molar-refractivity contribution in [1.29, 1.82) is 0 Å². The van der Waals surface area contributed by atoms with Gasteiger partial charge < -0.3 is 9.47 Å². The molecule has 1 aliphatic heterocycles. The Morgan fingerprint density at radius 3 is 2.59 bits per heavy atom. The number of carbonyl (C=O) groups is 1. The van der Waals surface area contributed by atoms with Gasteiger partial charge in [0.25, 0.3) is 0 Å². The van der Waals surface area contributed by atoms with Crippen LogP contribution in [0.5, 0.6) is 0 Å². The minimum Gasteiger partial charge on any atom is -0.376 e. The number of ketones is 1. The van der Waals surface area contributed by atoms with E-state index < -0.39 is 0 Å². The molecule has 0 saturated carbocycles. The Hall–Kier alpha value is -0.410. The first-order valence-corrected chi connectivity index (χ1v) is 7.01. The van der Waals surface area contributed by atoms with Crippen LogP contribution in [0.1, 0.15) is 58.8 Å². The molecule has 1 saturated heterocycles. The van der Waals surface area contributed by atoms with Crippen molar-refractivity contribution in [3.05, 3.63) is 0 Å². The summed E-state index contributed by atoms with van der Waals surface area (Å²) in [4.78, 5) is 11.7. The monoisotopic (exact) mass is 242 g/mol. The molecular formula is C14H26O3. The summed E-state index contributed by atoms with van der Waals surface area (Å²) in [6, 6.07) is 0. The van der Waals surface area contributed by atoms with Gasteiger partial charge in [-0.1, -0.05) is 33.1 Å². The van der Waals surface area contributed by atoms with Crippen LogP contribution in [-0.2, 0) is 14.3 Å². The fourth-order valence-corrected chi connectivity index (χ4v) is 2.11. The topological polar surface area (TPSA) is 35.5 Å². The lowest BCUT2D eigenvalue weighted by Crippen LogP contribution is -2.37. The van der Waals surface area contributed by atoms with E-state index in [-0.39, 0.29) is 12.2 Å². The second-order valence-electron chi connectivity index (χ2n) is 4.88. The summed E-state index contributed by atoms with van der Waals surface area (Å²) < 4.78 is 11.2. The maximum Gasteiger partial charge on any atom is 0.135 e. The Morgan fingerprint density at radius 2 is 1.88 bits per heavy atom. The molecule has 1 heterocycles. The predicted molar refractivity (Wildman–Crippen MR) is 68.2 cm³/mol. The van der Waals surface area contributed by atoms with E-state index in [1.807, 2.05) is 0 Å². The fraction of sp³-hybridized carbons (Fsp3) is 0.929. The Balaban J connectivity index is 2.12. The molecule has 1 rings (SSSR count). The quantitative estimate of drug-likeness (QED) is 0.613. The Morgan fingerprint density at radius 1 is 1.12 bits per heavy atom. The third-order valence-corrected chi connectivity index (χ3v) is 3.21. The van der Waals surface area contributed by atoms with Crippen molar-refractivity contribution < 1.29 is 14.3 Å². The van der Waals surface area contributed by atoms with Gasteiger partial charge in [0.15, 0.2) is 0 Å². The van der Waals surface area contributed by atoms with Crippen molar-refractivity contribution in [2.75, 3.05) is 13.2 Å². The van der Waals surface area contributed by atoms with Crippen LogP contribution in [0.3, 0.4) is 0 Å². The molecule has 2 atom stereocenters. The molecule has 1 fully saturated rings. The van der Waals surface area contributed by atoms with Crippen molar-refractivity contribution in [3.8, 4) is 0 Å². The molecule has 17 heavy (non-hydrogen) atoms. The molecule has 0 bridgehead atoms. The Labute approximate surface area is 105 Å². The van der Waals surface area contributed by atoms with Gasteiger partial charge in [0.1, 0.15) is 5.78 Å². The van der Waals surface area contributed by atoms with Crippen LogP contribution in [0.25, 0.3) is 0 Å². The normalized spacial score (nSPS) is 24.8. The zero-order chi connectivity index (χ0) is 12.5. The van der Waals surface area contributed by atoms with Gasteiger partial charge >= 0.3 is 0 Å². The number of Topliss-reactive ketones (excluding diaryl/α,β-unsaturated/α-hetero) is 1. The van der Waals surface area contributed by atoms with Crippen molar-refractivity contribution in [2.45, 2.75) is 71.0 Å². The van der Waals surface area contributed by atoms with Gasteiger partial charge in [-0.2, -0.15) is 0 Å². The fourth-order valence-electron chi connectivity index (χ4n) is 2.11. The molecule has 0 radical (unpaired) electrons. The number of unbranched alkanes of at least 4 members (excludes halogenated alkanes) is 3. The van der Waals surface area contributed by atoms with Crippen LogP contribution in [-0.4, -0.2) is 31.2 Å². The number of carbonyl (C=O) groups excluding carboxylic acids is 1. The molecule has 0 N–H and O–H groups in total. The maximum atomic E-state index is 11.7. The van der Waals surface area contributed by atoms with Gasteiger partial charge in [-0.3, -0.25) is 4.79 Å². The third kappa shape index (κ3) is 6.18. The van der Waals surface area contributed by atoms with E-state index in [2.05, 4.69) is 13.8 Å². The van der Waals surface area contributed by atoms with Crippen LogP contribution < -0.4 is 0 Å². The molecule has 0 aromatic rings. The molecule has 1 aliphatic rings. The number of ether oxygens (including phenoxy) is 2. The first-order valence-electron chi connectivity index (χ1n) is 7.01. The average Bonchev–Trinajstić information content (AvgIpc) is 2.35. The summed E-state index contributed by atoms with van der Waals surface area (Å²) in [6.45, 7) is 5.53. The zero-order valence-corrected chi connectivity index (χ0v) is 11.2. The average molecular weight is 242 g/mol. The van der Waals surface area contributed by atoms with E-state index >= 15 is 0 Å². The van der Waals surface area contributed by atoms with Gasteiger partial charge in [-0.15, -0.1) is 0 Å². The number of hydrogen-bond donors (Lipinski definition) is 0. The molecular weight excluding hydrogens is 216 g/mol. The first kappa shape index (κ1) is 14.7. The van der Waals surface area contributed by atoms with Crippen LogP contribution in [0, 0.1) is 0 Å². The minimum absolute atomic E-state index is 0.00706. The summed E-state index contributed by atoms with van der Waals surface area (Å²) in [6.07, 6.45) is 7.01. The number of hydrogen-bond acceptors (Lipinski definition) is 3. The third-order valence-electron chi connectivity index (χ3n) is 3.21. The molecule has 0 aliphatic carbocycles. The van der Waals surface area contributed by atoms with Gasteiger partial charge in [-0.05, 0) is 12.8 Å². The summed E-state index contributed by atoms with van der Waals surface area (Å²) in [5.41, 5.74) is 0. The largest absolute Gasteiger partial charge is 0.376 e. The second-order valence-corrected chi connectivity index (χ2v) is 4.88. The lowest BCUT2D eigenvalue weighted by molar-refractivity contribution is -0.149. The smallest absolute Gasteiger partial charge is 0.135 e. The lowest BCUT2D eigenvalue weighted by Gasteiger charge is -2.29. The summed E-state index contributed by atoms with van der Waals surface area (Å²) in [5.74, 6) is 0.325. The highest BCUT2D eigenvalue weighted by Crippen LogP contribution is 2.15. The molecule has 0 aromatic heterocycles. The van der Waals surface area contributed by atoms with Crippen LogP contribution >= 0.6 is 0 Å². The highest BCUT2D eigenvalue weighted by molar-refractivity contribution is 5.78. The van der Waals surface area contributed by atoms with E-state index in [1.165, 1.54) is 19.3 Å². The van der Waals surface area contributed by atoms with Crippen molar-refractivity contribution in [2.24, 2.45) is 0 Å².